The summed E-state index contributed by atoms with van der Waals surface area (Å²) >= 11 is 0. The zero-order valence-electron chi connectivity index (χ0n) is 18.2. The number of phosphoric ester groups is 1. The molecule has 0 aliphatic heterocycles. The normalized spacial score (nSPS) is 15.5. The molecule has 0 spiro atoms. The maximum absolute atomic E-state index is 11.7. The van der Waals surface area contributed by atoms with Crippen LogP contribution in [0.4, 0.5) is 0 Å². The standard InChI is InChI=1S/C20H41O9P/c1-2-3-4-5-6-7-8-9-10-11-12-13-20(24)27-15-19(23)17-29-30(25,26)28-16-18(22)14-21/h18-19,21-23H,2-17H2,1H3,(H,25,26)/t18?,19-/m1/s1. The molecule has 0 saturated carbocycles. The molecule has 180 valence electrons. The van der Waals surface area contributed by atoms with E-state index in [4.69, 9.17) is 14.9 Å². The number of ether oxygens (including phenoxy) is 1. The van der Waals surface area contributed by atoms with Crippen LogP contribution in [0.1, 0.15) is 84.0 Å². The molecule has 0 aromatic carbocycles. The van der Waals surface area contributed by atoms with Crippen LogP contribution in [-0.4, -0.2) is 64.8 Å². The van der Waals surface area contributed by atoms with Crippen LogP contribution in [0.3, 0.4) is 0 Å². The quantitative estimate of drug-likeness (QED) is 0.116. The molecule has 3 atom stereocenters. The molecule has 0 amide bonds. The maximum Gasteiger partial charge on any atom is 0.472 e. The van der Waals surface area contributed by atoms with E-state index in [2.05, 4.69) is 16.0 Å². The molecule has 9 nitrogen and oxygen atoms in total. The first-order chi connectivity index (χ1) is 14.3. The zero-order chi connectivity index (χ0) is 22.7. The summed E-state index contributed by atoms with van der Waals surface area (Å²) in [4.78, 5) is 21.0. The van der Waals surface area contributed by atoms with Crippen LogP contribution >= 0.6 is 7.82 Å². The predicted octanol–water partition coefficient (Wildman–Crippen LogP) is 3.08. The zero-order valence-corrected chi connectivity index (χ0v) is 19.1. The van der Waals surface area contributed by atoms with Gasteiger partial charge in [-0.15, -0.1) is 0 Å². The largest absolute Gasteiger partial charge is 0.472 e. The van der Waals surface area contributed by atoms with Crippen molar-refractivity contribution in [3.63, 3.8) is 0 Å². The second kappa shape index (κ2) is 19.2. The van der Waals surface area contributed by atoms with Gasteiger partial charge in [-0.2, -0.15) is 0 Å². The first-order valence-corrected chi connectivity index (χ1v) is 12.5. The average molecular weight is 457 g/mol. The highest BCUT2D eigenvalue weighted by Gasteiger charge is 2.24. The number of rotatable bonds is 21. The Morgan fingerprint density at radius 1 is 0.800 bits per heavy atom. The Morgan fingerprint density at radius 2 is 1.27 bits per heavy atom. The number of phosphoric acid groups is 1. The summed E-state index contributed by atoms with van der Waals surface area (Å²) in [6.07, 6.45) is 10.7. The highest BCUT2D eigenvalue weighted by atomic mass is 31.2. The molecule has 2 unspecified atom stereocenters. The van der Waals surface area contributed by atoms with Crippen molar-refractivity contribution in [1.82, 2.24) is 0 Å². The Balaban J connectivity index is 3.60. The van der Waals surface area contributed by atoms with Crippen molar-refractivity contribution in [3.8, 4) is 0 Å². The molecule has 0 aromatic heterocycles. The van der Waals surface area contributed by atoms with Crippen molar-refractivity contribution in [2.24, 2.45) is 0 Å². The highest BCUT2D eigenvalue weighted by molar-refractivity contribution is 7.47. The smallest absolute Gasteiger partial charge is 0.463 e. The summed E-state index contributed by atoms with van der Waals surface area (Å²) in [5.74, 6) is -0.431. The maximum atomic E-state index is 11.7. The molecule has 0 aliphatic rings. The number of hydrogen-bond donors (Lipinski definition) is 4. The number of hydrogen-bond acceptors (Lipinski definition) is 8. The van der Waals surface area contributed by atoms with Crippen molar-refractivity contribution in [1.29, 1.82) is 0 Å². The number of carbonyl (C=O) groups excluding carboxylic acids is 1. The van der Waals surface area contributed by atoms with Crippen molar-refractivity contribution in [2.45, 2.75) is 96.2 Å². The highest BCUT2D eigenvalue weighted by Crippen LogP contribution is 2.43. The third-order valence-corrected chi connectivity index (χ3v) is 5.44. The molecule has 4 N–H and O–H groups in total. The van der Waals surface area contributed by atoms with Crippen molar-refractivity contribution in [2.75, 3.05) is 26.4 Å². The molecule has 0 radical (unpaired) electrons. The number of esters is 1. The molecular formula is C20H41O9P. The van der Waals surface area contributed by atoms with Gasteiger partial charge in [0.1, 0.15) is 18.8 Å². The lowest BCUT2D eigenvalue weighted by Gasteiger charge is -2.16. The van der Waals surface area contributed by atoms with Crippen LogP contribution in [0.5, 0.6) is 0 Å². The summed E-state index contributed by atoms with van der Waals surface area (Å²) < 4.78 is 25.4. The van der Waals surface area contributed by atoms with Gasteiger partial charge in [0.15, 0.2) is 0 Å². The molecule has 0 saturated heterocycles. The third kappa shape index (κ3) is 19.4. The summed E-state index contributed by atoms with van der Waals surface area (Å²) in [6, 6.07) is 0. The van der Waals surface area contributed by atoms with Gasteiger partial charge in [0.2, 0.25) is 0 Å². The minimum Gasteiger partial charge on any atom is -0.463 e. The third-order valence-electron chi connectivity index (χ3n) is 4.49. The minimum absolute atomic E-state index is 0.269. The monoisotopic (exact) mass is 456 g/mol. The Morgan fingerprint density at radius 3 is 1.77 bits per heavy atom. The molecule has 10 heteroatoms. The van der Waals surface area contributed by atoms with E-state index in [9.17, 15) is 19.4 Å². The second-order valence-electron chi connectivity index (χ2n) is 7.52. The fraction of sp³-hybridized carbons (Fsp3) is 0.950. The van der Waals surface area contributed by atoms with E-state index in [0.717, 1.165) is 19.3 Å². The molecule has 0 bridgehead atoms. The van der Waals surface area contributed by atoms with Crippen LogP contribution < -0.4 is 0 Å². The van der Waals surface area contributed by atoms with Gasteiger partial charge in [0, 0.05) is 6.42 Å². The summed E-state index contributed by atoms with van der Waals surface area (Å²) in [6.45, 7) is 0.0746. The Hall–Kier alpha value is -0.540. The Bertz CT molecular complexity index is 462. The lowest BCUT2D eigenvalue weighted by Crippen LogP contribution is -2.24. The summed E-state index contributed by atoms with van der Waals surface area (Å²) in [5.41, 5.74) is 0. The fourth-order valence-electron chi connectivity index (χ4n) is 2.69. The van der Waals surface area contributed by atoms with Gasteiger partial charge in [-0.05, 0) is 6.42 Å². The average Bonchev–Trinajstić information content (AvgIpc) is 2.73. The number of unbranched alkanes of at least 4 members (excludes halogenated alkanes) is 10. The first-order valence-electron chi connectivity index (χ1n) is 11.0. The Kier molecular flexibility index (Phi) is 18.8. The SMILES string of the molecule is CCCCCCCCCCCCCC(=O)OC[C@@H](O)COP(=O)(O)OCC(O)CO. The van der Waals surface area contributed by atoms with Gasteiger partial charge in [0.05, 0.1) is 19.8 Å². The summed E-state index contributed by atoms with van der Waals surface area (Å²) in [5, 5.41) is 27.3. The van der Waals surface area contributed by atoms with Crippen LogP contribution in [-0.2, 0) is 23.1 Å². The van der Waals surface area contributed by atoms with E-state index >= 15 is 0 Å². The van der Waals surface area contributed by atoms with Gasteiger partial charge < -0.3 is 24.9 Å². The van der Waals surface area contributed by atoms with Gasteiger partial charge in [-0.25, -0.2) is 4.57 Å². The molecule has 0 heterocycles. The van der Waals surface area contributed by atoms with E-state index in [1.165, 1.54) is 51.4 Å². The summed E-state index contributed by atoms with van der Waals surface area (Å²) in [7, 11) is -4.47. The first kappa shape index (κ1) is 29.5. The van der Waals surface area contributed by atoms with Gasteiger partial charge in [-0.1, -0.05) is 71.1 Å². The van der Waals surface area contributed by atoms with Crippen LogP contribution in [0, 0.1) is 0 Å². The van der Waals surface area contributed by atoms with Crippen molar-refractivity contribution < 1.29 is 43.4 Å². The van der Waals surface area contributed by atoms with Crippen LogP contribution in [0.15, 0.2) is 0 Å². The number of aliphatic hydroxyl groups excluding tert-OH is 3. The van der Waals surface area contributed by atoms with Gasteiger partial charge >= 0.3 is 13.8 Å². The minimum atomic E-state index is -4.47. The van der Waals surface area contributed by atoms with Gasteiger partial charge in [0.25, 0.3) is 0 Å². The van der Waals surface area contributed by atoms with Crippen LogP contribution in [0.2, 0.25) is 0 Å². The molecule has 30 heavy (non-hydrogen) atoms. The molecule has 0 aromatic rings. The van der Waals surface area contributed by atoms with Crippen molar-refractivity contribution in [3.05, 3.63) is 0 Å². The Labute approximate surface area is 180 Å². The topological polar surface area (TPSA) is 143 Å². The molecule has 0 fully saturated rings. The second-order valence-corrected chi connectivity index (χ2v) is 8.97. The van der Waals surface area contributed by atoms with E-state index < -0.39 is 45.8 Å². The number of carbonyl (C=O) groups is 1. The lowest BCUT2D eigenvalue weighted by atomic mass is 10.1. The molecule has 0 rings (SSSR count). The fourth-order valence-corrected chi connectivity index (χ4v) is 3.49. The van der Waals surface area contributed by atoms with Crippen molar-refractivity contribution >= 4 is 13.8 Å². The molecule has 0 aliphatic carbocycles. The van der Waals surface area contributed by atoms with E-state index in [0.29, 0.717) is 0 Å². The lowest BCUT2D eigenvalue weighted by molar-refractivity contribution is -0.147. The van der Waals surface area contributed by atoms with E-state index in [1.54, 1.807) is 0 Å². The van der Waals surface area contributed by atoms with Crippen LogP contribution in [0.25, 0.3) is 0 Å². The number of aliphatic hydroxyl groups is 3. The molecular weight excluding hydrogens is 415 g/mol. The predicted molar refractivity (Wildman–Crippen MR) is 113 cm³/mol. The van der Waals surface area contributed by atoms with Gasteiger partial charge in [-0.3, -0.25) is 13.8 Å². The van der Waals surface area contributed by atoms with E-state index in [-0.39, 0.29) is 13.0 Å². The van der Waals surface area contributed by atoms with E-state index in [1.807, 2.05) is 0 Å².